The highest BCUT2D eigenvalue weighted by Gasteiger charge is 2.24. The first kappa shape index (κ1) is 16.0. The van der Waals surface area contributed by atoms with Gasteiger partial charge in [0, 0.05) is 17.7 Å². The molecule has 19 heavy (non-hydrogen) atoms. The van der Waals surface area contributed by atoms with Gasteiger partial charge in [0.2, 0.25) is 11.5 Å². The van der Waals surface area contributed by atoms with Crippen molar-refractivity contribution in [3.05, 3.63) is 35.9 Å². The van der Waals surface area contributed by atoms with Crippen LogP contribution in [0.25, 0.3) is 0 Å². The van der Waals surface area contributed by atoms with Crippen molar-refractivity contribution < 1.29 is 22.4 Å². The van der Waals surface area contributed by atoms with Crippen LogP contribution < -0.4 is 0 Å². The largest absolute Gasteiger partial charge is 0.282 e. The van der Waals surface area contributed by atoms with Crippen LogP contribution in [-0.4, -0.2) is 29.6 Å². The van der Waals surface area contributed by atoms with Crippen molar-refractivity contribution in [2.24, 2.45) is 0 Å². The summed E-state index contributed by atoms with van der Waals surface area (Å²) in [6.45, 7) is 0. The van der Waals surface area contributed by atoms with Crippen LogP contribution in [0, 0.1) is 0 Å². The number of thioether (sulfide) groups is 1. The van der Waals surface area contributed by atoms with Crippen LogP contribution in [0.3, 0.4) is 0 Å². The van der Waals surface area contributed by atoms with Crippen molar-refractivity contribution in [1.29, 1.82) is 0 Å². The smallest absolute Gasteiger partial charge is 0.241 e. The molecule has 0 bridgehead atoms. The summed E-state index contributed by atoms with van der Waals surface area (Å²) in [6.07, 6.45) is -8.33. The van der Waals surface area contributed by atoms with Crippen molar-refractivity contribution in [2.45, 2.75) is 31.6 Å². The number of carbonyl (C=O) groups is 1. The van der Waals surface area contributed by atoms with Gasteiger partial charge in [0.25, 0.3) is 0 Å². The summed E-state index contributed by atoms with van der Waals surface area (Å²) in [5, 5.41) is -0.239. The SMILES string of the molecule is O=C(SCCC(F)C(F)CC(F)F)c1ccccc1. The molecular formula is C13H14F4OS. The zero-order valence-corrected chi connectivity index (χ0v) is 10.9. The Bertz CT molecular complexity index is 385. The van der Waals surface area contributed by atoms with E-state index in [4.69, 9.17) is 0 Å². The van der Waals surface area contributed by atoms with Gasteiger partial charge in [-0.15, -0.1) is 0 Å². The van der Waals surface area contributed by atoms with E-state index in [9.17, 15) is 22.4 Å². The topological polar surface area (TPSA) is 17.1 Å². The fraction of sp³-hybridized carbons (Fsp3) is 0.462. The number of carbonyl (C=O) groups excluding carboxylic acids is 1. The fourth-order valence-corrected chi connectivity index (χ4v) is 2.25. The molecular weight excluding hydrogens is 280 g/mol. The van der Waals surface area contributed by atoms with Crippen LogP contribution in [0.5, 0.6) is 0 Å². The standard InChI is InChI=1S/C13H14F4OS/c14-10(11(15)8-12(16)17)6-7-19-13(18)9-4-2-1-3-5-9/h1-5,10-12H,6-8H2. The number of benzene rings is 1. The first-order chi connectivity index (χ1) is 9.00. The second-order valence-corrected chi connectivity index (χ2v) is 5.02. The molecule has 0 saturated heterocycles. The number of rotatable bonds is 7. The van der Waals surface area contributed by atoms with Crippen LogP contribution in [0.2, 0.25) is 0 Å². The second kappa shape index (κ2) is 8.19. The van der Waals surface area contributed by atoms with Crippen molar-refractivity contribution in [3.8, 4) is 0 Å². The minimum Gasteiger partial charge on any atom is -0.282 e. The van der Waals surface area contributed by atoms with Gasteiger partial charge < -0.3 is 0 Å². The van der Waals surface area contributed by atoms with Crippen LogP contribution in [0.1, 0.15) is 23.2 Å². The molecule has 0 heterocycles. The molecule has 0 saturated carbocycles. The van der Waals surface area contributed by atoms with E-state index in [1.54, 1.807) is 30.3 Å². The van der Waals surface area contributed by atoms with E-state index < -0.39 is 25.2 Å². The molecule has 1 nitrogen and oxygen atoms in total. The van der Waals surface area contributed by atoms with Gasteiger partial charge in [0.05, 0.1) is 0 Å². The molecule has 0 amide bonds. The molecule has 0 fully saturated rings. The second-order valence-electron chi connectivity index (χ2n) is 3.95. The fourth-order valence-electron chi connectivity index (χ4n) is 1.42. The van der Waals surface area contributed by atoms with Gasteiger partial charge in [-0.3, -0.25) is 4.79 Å². The van der Waals surface area contributed by atoms with Crippen molar-refractivity contribution in [3.63, 3.8) is 0 Å². The van der Waals surface area contributed by atoms with Gasteiger partial charge in [-0.05, 0) is 6.42 Å². The summed E-state index contributed by atoms with van der Waals surface area (Å²) in [5.74, 6) is 0.0680. The summed E-state index contributed by atoms with van der Waals surface area (Å²) in [4.78, 5) is 11.6. The summed E-state index contributed by atoms with van der Waals surface area (Å²) in [6, 6.07) is 8.41. The lowest BCUT2D eigenvalue weighted by Gasteiger charge is -2.12. The van der Waals surface area contributed by atoms with Crippen molar-refractivity contribution in [2.75, 3.05) is 5.75 Å². The summed E-state index contributed by atoms with van der Waals surface area (Å²) >= 11 is 0.861. The first-order valence-electron chi connectivity index (χ1n) is 5.79. The predicted molar refractivity (Wildman–Crippen MR) is 68.3 cm³/mol. The molecule has 0 aliphatic rings. The van der Waals surface area contributed by atoms with Gasteiger partial charge >= 0.3 is 0 Å². The van der Waals surface area contributed by atoms with E-state index in [2.05, 4.69) is 0 Å². The minimum absolute atomic E-state index is 0.0680. The Morgan fingerprint density at radius 3 is 2.26 bits per heavy atom. The van der Waals surface area contributed by atoms with E-state index in [0.29, 0.717) is 5.56 Å². The summed E-state index contributed by atoms with van der Waals surface area (Å²) < 4.78 is 49.8. The highest BCUT2D eigenvalue weighted by molar-refractivity contribution is 8.14. The summed E-state index contributed by atoms with van der Waals surface area (Å²) in [5.41, 5.74) is 0.479. The van der Waals surface area contributed by atoms with E-state index in [-0.39, 0.29) is 17.3 Å². The Morgan fingerprint density at radius 2 is 1.68 bits per heavy atom. The van der Waals surface area contributed by atoms with Crippen molar-refractivity contribution in [1.82, 2.24) is 0 Å². The Balaban J connectivity index is 2.28. The molecule has 0 N–H and O–H groups in total. The molecule has 6 heteroatoms. The Labute approximate surface area is 113 Å². The average Bonchev–Trinajstić information content (AvgIpc) is 2.38. The van der Waals surface area contributed by atoms with E-state index >= 15 is 0 Å². The van der Waals surface area contributed by atoms with Gasteiger partial charge in [-0.25, -0.2) is 17.6 Å². The quantitative estimate of drug-likeness (QED) is 0.698. The first-order valence-corrected chi connectivity index (χ1v) is 6.77. The number of alkyl halides is 4. The maximum absolute atomic E-state index is 13.2. The lowest BCUT2D eigenvalue weighted by molar-refractivity contribution is 0.0636. The van der Waals surface area contributed by atoms with E-state index in [1.807, 2.05) is 0 Å². The molecule has 1 aromatic carbocycles. The van der Waals surface area contributed by atoms with Crippen LogP contribution in [0.4, 0.5) is 17.6 Å². The lowest BCUT2D eigenvalue weighted by atomic mass is 10.1. The van der Waals surface area contributed by atoms with Crippen LogP contribution >= 0.6 is 11.8 Å². The van der Waals surface area contributed by atoms with Crippen molar-refractivity contribution >= 4 is 16.9 Å². The molecule has 0 spiro atoms. The van der Waals surface area contributed by atoms with Gasteiger partial charge in [-0.2, -0.15) is 0 Å². The van der Waals surface area contributed by atoms with E-state index in [1.165, 1.54) is 0 Å². The molecule has 0 radical (unpaired) electrons. The maximum Gasteiger partial charge on any atom is 0.241 e. The highest BCUT2D eigenvalue weighted by atomic mass is 32.2. The Kier molecular flexibility index (Phi) is 6.91. The zero-order chi connectivity index (χ0) is 14.3. The molecule has 0 aliphatic carbocycles. The maximum atomic E-state index is 13.2. The molecule has 0 aliphatic heterocycles. The lowest BCUT2D eigenvalue weighted by Crippen LogP contribution is -2.21. The van der Waals surface area contributed by atoms with Gasteiger partial charge in [0.15, 0.2) is 0 Å². The van der Waals surface area contributed by atoms with Crippen LogP contribution in [-0.2, 0) is 0 Å². The van der Waals surface area contributed by atoms with Crippen LogP contribution in [0.15, 0.2) is 30.3 Å². The molecule has 2 atom stereocenters. The third kappa shape index (κ3) is 6.09. The molecule has 2 unspecified atom stereocenters. The Morgan fingerprint density at radius 1 is 1.05 bits per heavy atom. The molecule has 1 aromatic rings. The number of hydrogen-bond donors (Lipinski definition) is 0. The molecule has 1 rings (SSSR count). The number of hydrogen-bond acceptors (Lipinski definition) is 2. The Hall–Kier alpha value is -1.04. The highest BCUT2D eigenvalue weighted by Crippen LogP contribution is 2.20. The summed E-state index contributed by atoms with van der Waals surface area (Å²) in [7, 11) is 0. The average molecular weight is 294 g/mol. The normalized spacial score (nSPS) is 14.4. The number of halogens is 4. The third-order valence-electron chi connectivity index (χ3n) is 2.43. The third-order valence-corrected chi connectivity index (χ3v) is 3.37. The van der Waals surface area contributed by atoms with Gasteiger partial charge in [-0.1, -0.05) is 42.1 Å². The molecule has 0 aromatic heterocycles. The molecule has 106 valence electrons. The van der Waals surface area contributed by atoms with Gasteiger partial charge in [0.1, 0.15) is 12.3 Å². The minimum atomic E-state index is -2.85. The monoisotopic (exact) mass is 294 g/mol. The predicted octanol–water partition coefficient (Wildman–Crippen LogP) is 4.28. The van der Waals surface area contributed by atoms with E-state index in [0.717, 1.165) is 11.8 Å². The zero-order valence-electron chi connectivity index (χ0n) is 10.1.